The van der Waals surface area contributed by atoms with Crippen LogP contribution in [0.1, 0.15) is 12.8 Å². The number of aliphatic hydroxyl groups excluding tert-OH is 1. The van der Waals surface area contributed by atoms with Gasteiger partial charge in [-0.25, -0.2) is 0 Å². The molecule has 0 aliphatic rings. The van der Waals surface area contributed by atoms with Crippen molar-refractivity contribution in [3.63, 3.8) is 0 Å². The summed E-state index contributed by atoms with van der Waals surface area (Å²) >= 11 is 5.74. The molecule has 14 heavy (non-hydrogen) atoms. The molecular weight excluding hydrogens is 220 g/mol. The molecule has 0 bridgehead atoms. The molecule has 0 saturated carbocycles. The fourth-order valence-corrected chi connectivity index (χ4v) is 2.12. The fourth-order valence-electron chi connectivity index (χ4n) is 0.825. The molecule has 0 rings (SSSR count). The maximum absolute atomic E-state index is 10.9. The van der Waals surface area contributed by atoms with Crippen LogP contribution in [0.3, 0.4) is 0 Å². The average molecular weight is 238 g/mol. The third kappa shape index (κ3) is 8.68. The zero-order chi connectivity index (χ0) is 10.8. The molecule has 0 aromatic heterocycles. The summed E-state index contributed by atoms with van der Waals surface area (Å²) in [6, 6.07) is 0.165. The van der Waals surface area contributed by atoms with Gasteiger partial charge in [-0.3, -0.25) is 4.79 Å². The number of nitrogens with one attached hydrogen (secondary N) is 1. The third-order valence-corrected chi connectivity index (χ3v) is 3.00. The molecule has 4 N–H and O–H groups in total. The topological polar surface area (TPSA) is 75.4 Å². The molecule has 0 spiro atoms. The van der Waals surface area contributed by atoms with Crippen molar-refractivity contribution >= 4 is 30.3 Å². The van der Waals surface area contributed by atoms with Crippen LogP contribution in [-0.2, 0) is 4.79 Å². The molecule has 0 heterocycles. The lowest BCUT2D eigenvalue weighted by Crippen LogP contribution is -2.25. The van der Waals surface area contributed by atoms with Gasteiger partial charge in [-0.1, -0.05) is 0 Å². The summed E-state index contributed by atoms with van der Waals surface area (Å²) in [5.74, 6) is 2.27. The molecular formula is C8H18N2O2S2. The second kappa shape index (κ2) is 9.64. The predicted octanol–water partition coefficient (Wildman–Crippen LogP) is -0.177. The van der Waals surface area contributed by atoms with E-state index in [2.05, 4.69) is 17.9 Å². The van der Waals surface area contributed by atoms with Crippen molar-refractivity contribution in [3.8, 4) is 0 Å². The van der Waals surface area contributed by atoms with Gasteiger partial charge in [0.25, 0.3) is 0 Å². The van der Waals surface area contributed by atoms with E-state index in [1.807, 2.05) is 0 Å². The number of amides is 1. The number of hydrogen-bond donors (Lipinski definition) is 4. The molecule has 0 saturated heterocycles. The van der Waals surface area contributed by atoms with Gasteiger partial charge in [-0.15, -0.1) is 0 Å². The number of aliphatic hydroxyl groups is 1. The number of rotatable bonds is 8. The van der Waals surface area contributed by atoms with Crippen molar-refractivity contribution in [2.75, 3.05) is 24.0 Å². The lowest BCUT2D eigenvalue weighted by atomic mass is 10.3. The Hall–Kier alpha value is 0.0900. The highest BCUT2D eigenvalue weighted by Gasteiger charge is 2.03. The number of carbonyl (C=O) groups is 1. The Morgan fingerprint density at radius 1 is 1.64 bits per heavy atom. The van der Waals surface area contributed by atoms with Crippen LogP contribution in [0.4, 0.5) is 0 Å². The molecule has 0 aliphatic carbocycles. The van der Waals surface area contributed by atoms with Gasteiger partial charge in [-0.05, 0) is 12.2 Å². The molecule has 0 fully saturated rings. The zero-order valence-electron chi connectivity index (χ0n) is 8.11. The number of hydrogen-bond acceptors (Lipinski definition) is 5. The Balaban J connectivity index is 3.24. The zero-order valence-corrected chi connectivity index (χ0v) is 9.82. The maximum Gasteiger partial charge on any atom is 0.222 e. The van der Waals surface area contributed by atoms with Crippen molar-refractivity contribution in [2.24, 2.45) is 5.73 Å². The van der Waals surface area contributed by atoms with Gasteiger partial charge in [0.15, 0.2) is 0 Å². The Morgan fingerprint density at radius 2 is 2.36 bits per heavy atom. The first-order chi connectivity index (χ1) is 6.70. The van der Waals surface area contributed by atoms with Crippen LogP contribution in [0, 0.1) is 0 Å². The third-order valence-electron chi connectivity index (χ3n) is 1.58. The van der Waals surface area contributed by atoms with Crippen LogP contribution in [0.2, 0.25) is 0 Å². The Bertz CT molecular complexity index is 158. The van der Waals surface area contributed by atoms with Crippen molar-refractivity contribution < 1.29 is 9.90 Å². The lowest BCUT2D eigenvalue weighted by Gasteiger charge is -2.08. The second-order valence-electron chi connectivity index (χ2n) is 2.86. The van der Waals surface area contributed by atoms with Crippen molar-refractivity contribution in [1.29, 1.82) is 0 Å². The van der Waals surface area contributed by atoms with E-state index in [4.69, 9.17) is 10.8 Å². The summed E-state index contributed by atoms with van der Waals surface area (Å²) in [7, 11) is 0. The van der Waals surface area contributed by atoms with Crippen LogP contribution in [-0.4, -0.2) is 41.0 Å². The van der Waals surface area contributed by atoms with E-state index < -0.39 is 0 Å². The van der Waals surface area contributed by atoms with E-state index in [1.165, 1.54) is 0 Å². The quantitative estimate of drug-likeness (QED) is 0.269. The van der Waals surface area contributed by atoms with Crippen molar-refractivity contribution in [3.05, 3.63) is 0 Å². The number of thioether (sulfide) groups is 1. The van der Waals surface area contributed by atoms with E-state index in [1.54, 1.807) is 11.8 Å². The molecule has 0 radical (unpaired) electrons. The van der Waals surface area contributed by atoms with E-state index >= 15 is 0 Å². The predicted molar refractivity (Wildman–Crippen MR) is 63.6 cm³/mol. The summed E-state index contributed by atoms with van der Waals surface area (Å²) in [6.07, 6.45) is 1.33. The first-order valence-corrected chi connectivity index (χ1v) is 6.31. The standard InChI is InChI=1S/C8H18N2O2S2/c9-7(1-3-13)5-14-4-2-8(12)10-6-11/h7,11,13H,1-6,9H2,(H,10,12)/t7-/m0/s1. The molecule has 1 amide bonds. The molecule has 0 aromatic rings. The Kier molecular flexibility index (Phi) is 9.70. The minimum atomic E-state index is -0.289. The highest BCUT2D eigenvalue weighted by molar-refractivity contribution is 7.99. The highest BCUT2D eigenvalue weighted by Crippen LogP contribution is 2.06. The van der Waals surface area contributed by atoms with E-state index in [0.717, 1.165) is 23.7 Å². The number of carbonyl (C=O) groups excluding carboxylic acids is 1. The molecule has 4 nitrogen and oxygen atoms in total. The van der Waals surface area contributed by atoms with Crippen molar-refractivity contribution in [2.45, 2.75) is 18.9 Å². The summed E-state index contributed by atoms with van der Waals surface area (Å²) in [5.41, 5.74) is 5.75. The number of thiol groups is 1. The first-order valence-electron chi connectivity index (χ1n) is 4.52. The normalized spacial score (nSPS) is 12.5. The summed E-state index contributed by atoms with van der Waals surface area (Å²) in [5, 5.41) is 10.7. The molecule has 0 unspecified atom stereocenters. The van der Waals surface area contributed by atoms with Gasteiger partial charge < -0.3 is 16.2 Å². The van der Waals surface area contributed by atoms with Gasteiger partial charge in [0.1, 0.15) is 6.73 Å². The van der Waals surface area contributed by atoms with Gasteiger partial charge in [0.2, 0.25) is 5.91 Å². The van der Waals surface area contributed by atoms with Crippen molar-refractivity contribution in [1.82, 2.24) is 5.32 Å². The van der Waals surface area contributed by atoms with E-state index in [-0.39, 0.29) is 18.7 Å². The van der Waals surface area contributed by atoms with E-state index in [0.29, 0.717) is 6.42 Å². The summed E-state index contributed by atoms with van der Waals surface area (Å²) < 4.78 is 0. The Morgan fingerprint density at radius 3 is 2.93 bits per heavy atom. The Labute approximate surface area is 94.4 Å². The summed E-state index contributed by atoms with van der Waals surface area (Å²) in [4.78, 5) is 10.9. The van der Waals surface area contributed by atoms with Gasteiger partial charge in [0.05, 0.1) is 0 Å². The molecule has 0 aliphatic heterocycles. The SMILES string of the molecule is N[C@@H](CCS)CSCCC(=O)NCO. The van der Waals surface area contributed by atoms with Gasteiger partial charge in [-0.2, -0.15) is 24.4 Å². The van der Waals surface area contributed by atoms with Crippen LogP contribution in [0.15, 0.2) is 0 Å². The lowest BCUT2D eigenvalue weighted by molar-refractivity contribution is -0.121. The van der Waals surface area contributed by atoms with E-state index in [9.17, 15) is 4.79 Å². The van der Waals surface area contributed by atoms with Crippen LogP contribution in [0.25, 0.3) is 0 Å². The molecule has 84 valence electrons. The monoisotopic (exact) mass is 238 g/mol. The molecule has 0 aromatic carbocycles. The minimum Gasteiger partial charge on any atom is -0.377 e. The smallest absolute Gasteiger partial charge is 0.222 e. The summed E-state index contributed by atoms with van der Waals surface area (Å²) in [6.45, 7) is -0.289. The second-order valence-corrected chi connectivity index (χ2v) is 4.45. The largest absolute Gasteiger partial charge is 0.377 e. The number of nitrogens with two attached hydrogens (primary N) is 1. The highest BCUT2D eigenvalue weighted by atomic mass is 32.2. The van der Waals surface area contributed by atoms with Crippen LogP contribution >= 0.6 is 24.4 Å². The minimum absolute atomic E-state index is 0.122. The van der Waals surface area contributed by atoms with Gasteiger partial charge >= 0.3 is 0 Å². The van der Waals surface area contributed by atoms with Crippen LogP contribution in [0.5, 0.6) is 0 Å². The molecule has 1 atom stereocenters. The van der Waals surface area contributed by atoms with Gasteiger partial charge in [0, 0.05) is 24.0 Å². The van der Waals surface area contributed by atoms with Crippen LogP contribution < -0.4 is 11.1 Å². The molecule has 6 heteroatoms. The maximum atomic E-state index is 10.9. The average Bonchev–Trinajstić information content (AvgIpc) is 2.13. The first kappa shape index (κ1) is 14.1. The fraction of sp³-hybridized carbons (Fsp3) is 0.875.